The molecule has 40 heavy (non-hydrogen) atoms. The molecule has 0 radical (unpaired) electrons. The summed E-state index contributed by atoms with van der Waals surface area (Å²) in [7, 11) is -1.81. The second kappa shape index (κ2) is 15.6. The van der Waals surface area contributed by atoms with E-state index in [9.17, 15) is 10.2 Å². The van der Waals surface area contributed by atoms with E-state index in [1.54, 1.807) is 0 Å². The number of benzene rings is 1. The maximum atomic E-state index is 10.9. The third kappa shape index (κ3) is 10.5. The van der Waals surface area contributed by atoms with Gasteiger partial charge >= 0.3 is 0 Å². The summed E-state index contributed by atoms with van der Waals surface area (Å²) in [6.45, 7) is 15.3. The SMILES string of the molecule is C[C@H](CCO[Si](C)(C)C(C)(C)C)[C@H](O)[C@H](O)C[C@@H]1CCC[C@]2(CCC[C@@H](CCCCOCc3ccccc3)O2)O1. The van der Waals surface area contributed by atoms with Gasteiger partial charge in [-0.1, -0.05) is 58.0 Å². The average molecular weight is 579 g/mol. The van der Waals surface area contributed by atoms with Gasteiger partial charge in [-0.3, -0.25) is 0 Å². The molecule has 2 N–H and O–H groups in total. The summed E-state index contributed by atoms with van der Waals surface area (Å²) in [6.07, 6.45) is 8.84. The molecule has 2 heterocycles. The highest BCUT2D eigenvalue weighted by atomic mass is 28.4. The number of aliphatic hydroxyl groups excluding tert-OH is 2. The Kier molecular flexibility index (Phi) is 13.1. The number of aliphatic hydroxyl groups is 2. The normalized spacial score (nSPS) is 26.5. The zero-order valence-electron chi connectivity index (χ0n) is 26.2. The van der Waals surface area contributed by atoms with Crippen LogP contribution in [0.2, 0.25) is 18.1 Å². The molecule has 2 aliphatic rings. The Morgan fingerprint density at radius 2 is 1.62 bits per heavy atom. The Morgan fingerprint density at radius 1 is 0.975 bits per heavy atom. The topological polar surface area (TPSA) is 77.4 Å². The molecule has 7 heteroatoms. The van der Waals surface area contributed by atoms with Crippen molar-refractivity contribution in [1.29, 1.82) is 0 Å². The highest BCUT2D eigenvalue weighted by Gasteiger charge is 2.43. The molecular weight excluding hydrogens is 520 g/mol. The van der Waals surface area contributed by atoms with Crippen LogP contribution in [0.25, 0.3) is 0 Å². The molecule has 2 aliphatic heterocycles. The number of rotatable bonds is 15. The fourth-order valence-corrected chi connectivity index (χ4v) is 6.76. The van der Waals surface area contributed by atoms with Crippen molar-refractivity contribution < 1.29 is 28.8 Å². The fourth-order valence-electron chi connectivity index (χ4n) is 5.70. The van der Waals surface area contributed by atoms with E-state index in [0.29, 0.717) is 19.6 Å². The van der Waals surface area contributed by atoms with Crippen LogP contribution in [0, 0.1) is 5.92 Å². The molecule has 2 saturated heterocycles. The molecule has 0 amide bonds. The molecule has 0 unspecified atom stereocenters. The van der Waals surface area contributed by atoms with Crippen LogP contribution in [0.5, 0.6) is 0 Å². The van der Waals surface area contributed by atoms with Gasteiger partial charge in [0.2, 0.25) is 0 Å². The molecule has 0 aliphatic carbocycles. The predicted octanol–water partition coefficient (Wildman–Crippen LogP) is 7.37. The van der Waals surface area contributed by atoms with Crippen molar-refractivity contribution in [1.82, 2.24) is 0 Å². The predicted molar refractivity (Wildman–Crippen MR) is 164 cm³/mol. The van der Waals surface area contributed by atoms with Gasteiger partial charge in [0.15, 0.2) is 14.1 Å². The molecule has 2 fully saturated rings. The Hall–Kier alpha value is -0.803. The second-order valence-corrected chi connectivity index (χ2v) is 18.7. The summed E-state index contributed by atoms with van der Waals surface area (Å²) in [5.41, 5.74) is 1.21. The van der Waals surface area contributed by atoms with Crippen LogP contribution in [0.4, 0.5) is 0 Å². The van der Waals surface area contributed by atoms with Gasteiger partial charge in [-0.15, -0.1) is 0 Å². The lowest BCUT2D eigenvalue weighted by atomic mass is 9.88. The summed E-state index contributed by atoms with van der Waals surface area (Å²) in [5.74, 6) is -0.563. The molecule has 1 spiro atoms. The largest absolute Gasteiger partial charge is 0.417 e. The maximum Gasteiger partial charge on any atom is 0.191 e. The number of hydrogen-bond acceptors (Lipinski definition) is 6. The van der Waals surface area contributed by atoms with E-state index < -0.39 is 26.3 Å². The zero-order valence-corrected chi connectivity index (χ0v) is 27.2. The van der Waals surface area contributed by atoms with Crippen molar-refractivity contribution in [2.24, 2.45) is 5.92 Å². The van der Waals surface area contributed by atoms with Crippen molar-refractivity contribution in [3.05, 3.63) is 35.9 Å². The lowest BCUT2D eigenvalue weighted by molar-refractivity contribution is -0.318. The van der Waals surface area contributed by atoms with Crippen molar-refractivity contribution in [2.75, 3.05) is 13.2 Å². The molecule has 0 saturated carbocycles. The zero-order chi connectivity index (χ0) is 29.2. The highest BCUT2D eigenvalue weighted by Crippen LogP contribution is 2.41. The van der Waals surface area contributed by atoms with Crippen LogP contribution >= 0.6 is 0 Å². The van der Waals surface area contributed by atoms with Gasteiger partial charge in [0.1, 0.15) is 0 Å². The third-order valence-electron chi connectivity index (χ3n) is 9.43. The van der Waals surface area contributed by atoms with Crippen LogP contribution in [-0.2, 0) is 25.2 Å². The molecular formula is C33H58O6Si. The number of hydrogen-bond donors (Lipinski definition) is 2. The monoisotopic (exact) mass is 578 g/mol. The first-order valence-corrected chi connectivity index (χ1v) is 18.8. The van der Waals surface area contributed by atoms with Crippen LogP contribution in [0.15, 0.2) is 30.3 Å². The van der Waals surface area contributed by atoms with E-state index in [0.717, 1.165) is 70.8 Å². The lowest BCUT2D eigenvalue weighted by Gasteiger charge is -2.46. The summed E-state index contributed by atoms with van der Waals surface area (Å²) in [4.78, 5) is 0. The lowest BCUT2D eigenvalue weighted by Crippen LogP contribution is -2.49. The van der Waals surface area contributed by atoms with Crippen molar-refractivity contribution in [3.63, 3.8) is 0 Å². The van der Waals surface area contributed by atoms with Crippen LogP contribution < -0.4 is 0 Å². The second-order valence-electron chi connectivity index (χ2n) is 13.9. The Labute approximate surface area is 245 Å². The van der Waals surface area contributed by atoms with Crippen molar-refractivity contribution >= 4 is 8.32 Å². The summed E-state index contributed by atoms with van der Waals surface area (Å²) < 4.78 is 25.3. The Morgan fingerprint density at radius 3 is 2.30 bits per heavy atom. The maximum absolute atomic E-state index is 10.9. The molecule has 1 aromatic carbocycles. The molecule has 0 aromatic heterocycles. The van der Waals surface area contributed by atoms with E-state index in [1.165, 1.54) is 5.56 Å². The van der Waals surface area contributed by atoms with Gasteiger partial charge in [0, 0.05) is 32.5 Å². The third-order valence-corrected chi connectivity index (χ3v) is 14.0. The number of ether oxygens (including phenoxy) is 3. The summed E-state index contributed by atoms with van der Waals surface area (Å²) in [5, 5.41) is 22.0. The minimum atomic E-state index is -1.81. The van der Waals surface area contributed by atoms with E-state index >= 15 is 0 Å². The van der Waals surface area contributed by atoms with Gasteiger partial charge in [-0.05, 0) is 81.0 Å². The van der Waals surface area contributed by atoms with Gasteiger partial charge < -0.3 is 28.8 Å². The van der Waals surface area contributed by atoms with Gasteiger partial charge in [-0.25, -0.2) is 0 Å². The van der Waals surface area contributed by atoms with E-state index in [2.05, 4.69) is 46.0 Å². The summed E-state index contributed by atoms with van der Waals surface area (Å²) >= 11 is 0. The fraction of sp³-hybridized carbons (Fsp3) is 0.818. The molecule has 6 nitrogen and oxygen atoms in total. The van der Waals surface area contributed by atoms with Crippen LogP contribution in [-0.4, -0.2) is 61.9 Å². The van der Waals surface area contributed by atoms with Gasteiger partial charge in [0.25, 0.3) is 0 Å². The van der Waals surface area contributed by atoms with Crippen molar-refractivity contribution in [2.45, 2.75) is 153 Å². The molecule has 230 valence electrons. The van der Waals surface area contributed by atoms with Crippen LogP contribution in [0.3, 0.4) is 0 Å². The Bertz CT molecular complexity index is 839. The van der Waals surface area contributed by atoms with Gasteiger partial charge in [-0.2, -0.15) is 0 Å². The van der Waals surface area contributed by atoms with Gasteiger partial charge in [0.05, 0.1) is 31.0 Å². The van der Waals surface area contributed by atoms with E-state index in [1.807, 2.05) is 25.1 Å². The standard InChI is InChI=1S/C33H58O6Si/c1-26(19-23-37-40(5,6)32(2,3)4)31(35)30(34)24-29-18-13-21-33(39-29)20-12-17-28(38-33)16-10-11-22-36-25-27-14-8-7-9-15-27/h7-9,14-15,26,28-31,34-35H,10-13,16-25H2,1-6H3/t26-,28-,29+,30-,31+,33+/m1/s1. The quantitative estimate of drug-likeness (QED) is 0.167. The molecule has 6 atom stereocenters. The average Bonchev–Trinajstić information content (AvgIpc) is 2.90. The van der Waals surface area contributed by atoms with Crippen LogP contribution in [0.1, 0.15) is 104 Å². The number of unbranched alkanes of at least 4 members (excludes halogenated alkanes) is 1. The molecule has 1 aromatic rings. The minimum Gasteiger partial charge on any atom is -0.417 e. The first-order chi connectivity index (χ1) is 18.9. The highest BCUT2D eigenvalue weighted by molar-refractivity contribution is 6.74. The first kappa shape index (κ1) is 33.7. The van der Waals surface area contributed by atoms with E-state index in [4.69, 9.17) is 18.6 Å². The smallest absolute Gasteiger partial charge is 0.191 e. The minimum absolute atomic E-state index is 0.0377. The Balaban J connectivity index is 1.36. The van der Waals surface area contributed by atoms with Crippen molar-refractivity contribution in [3.8, 4) is 0 Å². The van der Waals surface area contributed by atoms with E-state index in [-0.39, 0.29) is 23.2 Å². The first-order valence-electron chi connectivity index (χ1n) is 15.9. The molecule has 0 bridgehead atoms. The molecule has 3 rings (SSSR count). The summed E-state index contributed by atoms with van der Waals surface area (Å²) in [6, 6.07) is 10.3.